The summed E-state index contributed by atoms with van der Waals surface area (Å²) in [6.45, 7) is 7.73. The highest BCUT2D eigenvalue weighted by Gasteiger charge is 2.80. The summed E-state index contributed by atoms with van der Waals surface area (Å²) < 4.78 is 23.4. The third kappa shape index (κ3) is 4.38. The minimum atomic E-state index is -1.56. The van der Waals surface area contributed by atoms with Crippen molar-refractivity contribution < 1.29 is 54.1 Å². The van der Waals surface area contributed by atoms with E-state index in [1.807, 2.05) is 13.8 Å². The zero-order valence-electron chi connectivity index (χ0n) is 26.5. The summed E-state index contributed by atoms with van der Waals surface area (Å²) in [4.78, 5) is 26.7. The highest BCUT2D eigenvalue weighted by atomic mass is 16.7. The monoisotopic (exact) mass is 632 g/mol. The lowest BCUT2D eigenvalue weighted by molar-refractivity contribution is -0.299. The van der Waals surface area contributed by atoms with Crippen LogP contribution in [0.4, 0.5) is 0 Å². The van der Waals surface area contributed by atoms with E-state index < -0.39 is 60.4 Å². The number of hydrogen-bond donors (Lipinski definition) is 5. The Labute approximate surface area is 263 Å². The van der Waals surface area contributed by atoms with Gasteiger partial charge in [0.15, 0.2) is 12.1 Å². The van der Waals surface area contributed by atoms with Crippen molar-refractivity contribution in [3.63, 3.8) is 0 Å². The van der Waals surface area contributed by atoms with Gasteiger partial charge in [-0.05, 0) is 93.1 Å². The van der Waals surface area contributed by atoms with Crippen molar-refractivity contribution >= 4 is 11.8 Å². The Kier molecular flexibility index (Phi) is 7.73. The Hall–Kier alpha value is -1.70. The number of ether oxygens (including phenoxy) is 4. The van der Waals surface area contributed by atoms with E-state index in [0.717, 1.165) is 37.7 Å². The fourth-order valence-electron chi connectivity index (χ4n) is 11.0. The molecule has 7 rings (SSSR count). The number of allylic oxidation sites excluding steroid dienone is 1. The second-order valence-corrected chi connectivity index (χ2v) is 15.4. The van der Waals surface area contributed by atoms with Crippen LogP contribution < -0.4 is 0 Å². The molecule has 3 aliphatic heterocycles. The first-order chi connectivity index (χ1) is 21.3. The molecule has 2 saturated heterocycles. The van der Waals surface area contributed by atoms with Crippen LogP contribution in [0, 0.1) is 40.4 Å². The molecule has 0 aromatic rings. The molecule has 45 heavy (non-hydrogen) atoms. The molecule has 0 radical (unpaired) electrons. The minimum Gasteiger partial charge on any atom is -0.458 e. The molecule has 7 aliphatic rings. The van der Waals surface area contributed by atoms with Gasteiger partial charge in [-0.3, -0.25) is 4.79 Å². The minimum absolute atomic E-state index is 0.0362. The summed E-state index contributed by atoms with van der Waals surface area (Å²) >= 11 is 0. The standard InChI is InChI=1S/C34H48O11/c1-15-11-22(43-30(41)18(15)14-42-31-29(40)28(39)27(38)23(13-35)44-31)16(2)19-5-6-20-17-12-26-34(45-26)25(37)8-7-24(36)33(34,4)21(17)9-10-32(19,20)3/h7-8,16-17,19-23,25-29,31,35,37-40H,5-6,9-14H2,1-4H3/t16-,17-,19?,20-,21-,22?,23+,25-,26+,27+,28-,29+,31+,32+,33-,34+/m0/s1. The molecule has 5 fully saturated rings. The average Bonchev–Trinajstić information content (AvgIpc) is 3.64. The normalized spacial score (nSPS) is 52.8. The predicted molar refractivity (Wildman–Crippen MR) is 157 cm³/mol. The van der Waals surface area contributed by atoms with Crippen LogP contribution in [0.2, 0.25) is 0 Å². The Morgan fingerprint density at radius 1 is 1.04 bits per heavy atom. The van der Waals surface area contributed by atoms with Crippen LogP contribution in [0.1, 0.15) is 66.2 Å². The van der Waals surface area contributed by atoms with Gasteiger partial charge >= 0.3 is 5.97 Å². The zero-order valence-corrected chi connectivity index (χ0v) is 26.5. The molecule has 16 atom stereocenters. The highest BCUT2D eigenvalue weighted by molar-refractivity contribution is 5.98. The van der Waals surface area contributed by atoms with Crippen molar-refractivity contribution in [3.05, 3.63) is 23.3 Å². The van der Waals surface area contributed by atoms with Crippen molar-refractivity contribution in [2.45, 2.75) is 121 Å². The molecule has 0 aromatic carbocycles. The molecule has 11 heteroatoms. The lowest BCUT2D eigenvalue weighted by atomic mass is 9.44. The quantitative estimate of drug-likeness (QED) is 0.210. The maximum absolute atomic E-state index is 13.4. The predicted octanol–water partition coefficient (Wildman–Crippen LogP) is 1.18. The summed E-state index contributed by atoms with van der Waals surface area (Å²) in [5.74, 6) is 0.994. The highest BCUT2D eigenvalue weighted by Crippen LogP contribution is 2.73. The molecule has 4 aliphatic carbocycles. The number of ketones is 1. The van der Waals surface area contributed by atoms with Crippen LogP contribution >= 0.6 is 0 Å². The first-order valence-electron chi connectivity index (χ1n) is 16.7. The van der Waals surface area contributed by atoms with Crippen molar-refractivity contribution in [1.82, 2.24) is 0 Å². The molecule has 250 valence electrons. The Morgan fingerprint density at radius 3 is 2.51 bits per heavy atom. The average molecular weight is 633 g/mol. The Morgan fingerprint density at radius 2 is 1.80 bits per heavy atom. The van der Waals surface area contributed by atoms with Crippen LogP contribution in [0.5, 0.6) is 0 Å². The van der Waals surface area contributed by atoms with Gasteiger partial charge in [0.1, 0.15) is 42.2 Å². The number of carbonyl (C=O) groups is 2. The molecule has 0 amide bonds. The van der Waals surface area contributed by atoms with Crippen LogP contribution in [0.25, 0.3) is 0 Å². The second-order valence-electron chi connectivity index (χ2n) is 15.4. The second kappa shape index (κ2) is 10.9. The van der Waals surface area contributed by atoms with Crippen LogP contribution in [-0.2, 0) is 28.5 Å². The van der Waals surface area contributed by atoms with Gasteiger partial charge in [0.25, 0.3) is 0 Å². The maximum atomic E-state index is 13.4. The molecule has 1 spiro atoms. The first kappa shape index (κ1) is 31.9. The molecule has 11 nitrogen and oxygen atoms in total. The van der Waals surface area contributed by atoms with E-state index in [2.05, 4.69) is 13.8 Å². The van der Waals surface area contributed by atoms with Crippen molar-refractivity contribution in [3.8, 4) is 0 Å². The Bertz CT molecular complexity index is 1290. The summed E-state index contributed by atoms with van der Waals surface area (Å²) in [6.07, 6.45) is 0.417. The van der Waals surface area contributed by atoms with Gasteiger partial charge in [-0.1, -0.05) is 19.4 Å². The van der Waals surface area contributed by atoms with Gasteiger partial charge in [0.05, 0.1) is 30.3 Å². The van der Waals surface area contributed by atoms with E-state index >= 15 is 0 Å². The fourth-order valence-corrected chi connectivity index (χ4v) is 11.0. The number of aliphatic hydroxyl groups excluding tert-OH is 5. The first-order valence-corrected chi connectivity index (χ1v) is 16.7. The van der Waals surface area contributed by atoms with E-state index in [9.17, 15) is 35.1 Å². The summed E-state index contributed by atoms with van der Waals surface area (Å²) in [6, 6.07) is 0. The zero-order chi connectivity index (χ0) is 32.2. The van der Waals surface area contributed by atoms with Gasteiger partial charge in [0.2, 0.25) is 0 Å². The van der Waals surface area contributed by atoms with E-state index in [4.69, 9.17) is 18.9 Å². The van der Waals surface area contributed by atoms with Crippen molar-refractivity contribution in [1.29, 1.82) is 0 Å². The third-order valence-corrected chi connectivity index (χ3v) is 13.7. The van der Waals surface area contributed by atoms with Crippen molar-refractivity contribution in [2.24, 2.45) is 40.4 Å². The van der Waals surface area contributed by atoms with Gasteiger partial charge in [-0.2, -0.15) is 0 Å². The number of aliphatic hydroxyl groups is 5. The number of epoxide rings is 1. The number of carbonyl (C=O) groups excluding carboxylic acids is 2. The van der Waals surface area contributed by atoms with Gasteiger partial charge < -0.3 is 44.5 Å². The summed E-state index contributed by atoms with van der Waals surface area (Å²) in [7, 11) is 0. The molecule has 2 unspecified atom stereocenters. The van der Waals surface area contributed by atoms with Gasteiger partial charge in [0, 0.05) is 6.42 Å². The Balaban J connectivity index is 1.03. The molecule has 5 N–H and O–H groups in total. The number of rotatable bonds is 6. The van der Waals surface area contributed by atoms with Crippen LogP contribution in [-0.4, -0.2) is 105 Å². The van der Waals surface area contributed by atoms with Gasteiger partial charge in [-0.15, -0.1) is 0 Å². The maximum Gasteiger partial charge on any atom is 0.336 e. The van der Waals surface area contributed by atoms with E-state index in [0.29, 0.717) is 29.7 Å². The number of hydrogen-bond acceptors (Lipinski definition) is 11. The van der Waals surface area contributed by atoms with Gasteiger partial charge in [-0.25, -0.2) is 4.79 Å². The lowest BCUT2D eigenvalue weighted by Gasteiger charge is -2.58. The summed E-state index contributed by atoms with van der Waals surface area (Å²) in [5, 5.41) is 50.8. The largest absolute Gasteiger partial charge is 0.458 e. The molecule has 3 saturated carbocycles. The third-order valence-electron chi connectivity index (χ3n) is 13.7. The topological polar surface area (TPSA) is 176 Å². The SMILES string of the molecule is CC1=C(CO[C@@H]2O[C@H](CO)[C@@H](O)[C@H](O)[C@H]2O)C(=O)OC([C@@H](C)C2CC[C@H]3[C@@H]4C[C@H]5O[C@]56[C@@H](O)C=CC(=O)[C@]6(C)[C@H]4CC[C@]23C)C1. The van der Waals surface area contributed by atoms with E-state index in [1.54, 1.807) is 12.2 Å². The van der Waals surface area contributed by atoms with E-state index in [-0.39, 0.29) is 41.8 Å². The lowest BCUT2D eigenvalue weighted by Crippen LogP contribution is -2.63. The molecule has 0 aromatic heterocycles. The molecule has 3 heterocycles. The van der Waals surface area contributed by atoms with Crippen LogP contribution in [0.3, 0.4) is 0 Å². The van der Waals surface area contributed by atoms with Crippen LogP contribution in [0.15, 0.2) is 23.3 Å². The molecular weight excluding hydrogens is 584 g/mol. The number of esters is 1. The molecular formula is C34H48O11. The smallest absolute Gasteiger partial charge is 0.336 e. The summed E-state index contributed by atoms with van der Waals surface area (Å²) in [5.41, 5.74) is -0.281. The number of fused-ring (bicyclic) bond motifs is 4. The fraction of sp³-hybridized carbons (Fsp3) is 0.824. The van der Waals surface area contributed by atoms with Crippen molar-refractivity contribution in [2.75, 3.05) is 13.2 Å². The molecule has 0 bridgehead atoms. The number of cyclic esters (lactones) is 1. The van der Waals surface area contributed by atoms with E-state index in [1.165, 1.54) is 0 Å².